The molecule has 0 saturated carbocycles. The molecule has 0 unspecified atom stereocenters. The van der Waals surface area contributed by atoms with E-state index in [2.05, 4.69) is 93.7 Å². The molecule has 0 N–H and O–H groups in total. The molecule has 0 heterocycles. The molecule has 0 fully saturated rings. The Kier molecular flexibility index (Phi) is 6.44. The Balaban J connectivity index is 2.18. The molecule has 3 rings (SSSR count). The third-order valence-corrected chi connectivity index (χ3v) is 20.3. The van der Waals surface area contributed by atoms with E-state index in [4.69, 9.17) is 0 Å². The van der Waals surface area contributed by atoms with Crippen LogP contribution in [0.15, 0.2) is 72.9 Å². The van der Waals surface area contributed by atoms with Crippen molar-refractivity contribution >= 4 is 0 Å². The van der Waals surface area contributed by atoms with E-state index in [1.807, 2.05) is 0 Å². The van der Waals surface area contributed by atoms with Crippen molar-refractivity contribution in [2.75, 3.05) is 0 Å². The van der Waals surface area contributed by atoms with Crippen LogP contribution in [0, 0.1) is 35.5 Å². The van der Waals surface area contributed by atoms with Crippen LogP contribution in [0.2, 0.25) is 2.80 Å². The average Bonchev–Trinajstić information content (AvgIpc) is 3.32. The predicted octanol–water partition coefficient (Wildman–Crippen LogP) is 7.86. The van der Waals surface area contributed by atoms with Crippen LogP contribution in [-0.2, 0) is 0 Å². The molecule has 0 spiro atoms. The monoisotopic (exact) mass is 461 g/mol. The van der Waals surface area contributed by atoms with Gasteiger partial charge >= 0.3 is 170 Å². The molecule has 0 aliphatic heterocycles. The third-order valence-electron chi connectivity index (χ3n) is 6.08. The maximum absolute atomic E-state index is 2.60. The summed E-state index contributed by atoms with van der Waals surface area (Å²) < 4.78 is 1.09. The van der Waals surface area contributed by atoms with Gasteiger partial charge in [-0.25, -0.2) is 0 Å². The van der Waals surface area contributed by atoms with Gasteiger partial charge in [0.05, 0.1) is 0 Å². The van der Waals surface area contributed by atoms with Gasteiger partial charge in [0.15, 0.2) is 0 Å². The van der Waals surface area contributed by atoms with Crippen molar-refractivity contribution in [3.63, 3.8) is 0 Å². The number of hydrogen-bond acceptors (Lipinski definition) is 0. The van der Waals surface area contributed by atoms with Crippen LogP contribution in [0.3, 0.4) is 0 Å². The molecule has 0 radical (unpaired) electrons. The Morgan fingerprint density at radius 2 is 0.720 bits per heavy atom. The van der Waals surface area contributed by atoms with Crippen LogP contribution >= 0.6 is 0 Å². The second-order valence-corrected chi connectivity index (χ2v) is 19.0. The van der Waals surface area contributed by atoms with Gasteiger partial charge in [-0.3, -0.25) is 0 Å². The van der Waals surface area contributed by atoms with Gasteiger partial charge in [-0.05, 0) is 0 Å². The molecule has 1 heteroatoms. The molecule has 133 valence electrons. The zero-order valence-corrected chi connectivity index (χ0v) is 19.3. The number of rotatable bonds is 9. The fourth-order valence-corrected chi connectivity index (χ4v) is 23.3. The average molecular weight is 462 g/mol. The first-order valence-electron chi connectivity index (χ1n) is 10.2. The molecule has 0 nitrogen and oxygen atoms in total. The van der Waals surface area contributed by atoms with Gasteiger partial charge in [0, 0.05) is 0 Å². The maximum atomic E-state index is 2.60. The summed E-state index contributed by atoms with van der Waals surface area (Å²) in [6.07, 6.45) is 37.4. The first-order chi connectivity index (χ1) is 12.2. The van der Waals surface area contributed by atoms with E-state index in [1.165, 1.54) is 38.5 Å². The van der Waals surface area contributed by atoms with E-state index in [9.17, 15) is 0 Å². The Hall–Kier alpha value is -0.183. The van der Waals surface area contributed by atoms with Gasteiger partial charge in [-0.1, -0.05) is 0 Å². The first-order valence-corrected chi connectivity index (χ1v) is 14.9. The van der Waals surface area contributed by atoms with Crippen molar-refractivity contribution < 1.29 is 35.5 Å². The Bertz CT molecular complexity index is 515. The number of hydrogen-bond donors (Lipinski definition) is 0. The number of allylic oxidation sites excluding steroid dienone is 12. The van der Waals surface area contributed by atoms with Gasteiger partial charge in [0.25, 0.3) is 0 Å². The van der Waals surface area contributed by atoms with E-state index >= 15 is 0 Å². The topological polar surface area (TPSA) is 0 Å². The summed E-state index contributed by atoms with van der Waals surface area (Å²) in [5, 5.41) is 0. The van der Waals surface area contributed by atoms with Crippen molar-refractivity contribution in [1.82, 2.24) is 0 Å². The van der Waals surface area contributed by atoms with E-state index in [1.54, 1.807) is 0 Å². The van der Waals surface area contributed by atoms with E-state index in [-0.39, 0.29) is 0 Å². The molecule has 0 bridgehead atoms. The first kappa shape index (κ1) is 19.6. The Labute approximate surface area is 169 Å². The second kappa shape index (κ2) is 8.23. The van der Waals surface area contributed by atoms with Crippen molar-refractivity contribution in [2.45, 2.75) is 62.1 Å². The Morgan fingerprint density at radius 1 is 0.480 bits per heavy atom. The molecule has 25 heavy (non-hydrogen) atoms. The second-order valence-electron chi connectivity index (χ2n) is 7.90. The van der Waals surface area contributed by atoms with Crippen LogP contribution in [0.25, 0.3) is 0 Å². The van der Waals surface area contributed by atoms with Crippen LogP contribution in [0.5, 0.6) is 0 Å². The summed E-state index contributed by atoms with van der Waals surface area (Å²) in [4.78, 5) is 0. The van der Waals surface area contributed by atoms with Gasteiger partial charge in [-0.2, -0.15) is 0 Å². The molecule has 0 aromatic rings. The Morgan fingerprint density at radius 3 is 0.920 bits per heavy atom. The van der Waals surface area contributed by atoms with Crippen molar-refractivity contribution in [2.24, 2.45) is 0 Å². The van der Waals surface area contributed by atoms with Crippen LogP contribution in [0.1, 0.15) is 59.3 Å². The predicted molar refractivity (Wildman–Crippen MR) is 108 cm³/mol. The molecule has 0 aromatic heterocycles. The van der Waals surface area contributed by atoms with Gasteiger partial charge in [-0.15, -0.1) is 0 Å². The molecule has 0 saturated heterocycles. The summed E-state index contributed by atoms with van der Waals surface area (Å²) in [5.74, 6) is 0. The zero-order chi connectivity index (χ0) is 17.8. The quantitative estimate of drug-likeness (QED) is 0.328. The minimum atomic E-state index is -2.39. The summed E-state index contributed by atoms with van der Waals surface area (Å²) >= 11 is -2.39. The fraction of sp³-hybridized carbons (Fsp3) is 0.500. The van der Waals surface area contributed by atoms with Crippen LogP contribution in [-0.4, -0.2) is 0 Å². The minimum absolute atomic E-state index is 0.363. The summed E-state index contributed by atoms with van der Waals surface area (Å²) in [6, 6.07) is 0. The summed E-state index contributed by atoms with van der Waals surface area (Å²) in [6.45, 7) is 7.10. The van der Waals surface area contributed by atoms with Crippen molar-refractivity contribution in [1.29, 1.82) is 0 Å². The molecule has 3 aliphatic carbocycles. The standard InChI is InChI=1S/3C8H11.Ce/c3*1-2-5-8-6-3-4-7-8;/h3*3-4,6-7H,2,5H2,1H3;. The molecule has 0 aromatic carbocycles. The zero-order valence-electron chi connectivity index (χ0n) is 16.2. The fourth-order valence-electron chi connectivity index (χ4n) is 5.45. The molecule has 0 atom stereocenters. The van der Waals surface area contributed by atoms with Crippen LogP contribution in [0.4, 0.5) is 0 Å². The summed E-state index contributed by atoms with van der Waals surface area (Å²) in [5.41, 5.74) is 0. The van der Waals surface area contributed by atoms with Gasteiger partial charge in [0.2, 0.25) is 0 Å². The molecule has 0 amide bonds. The van der Waals surface area contributed by atoms with E-state index < -0.39 is 35.5 Å². The van der Waals surface area contributed by atoms with Crippen molar-refractivity contribution in [3.05, 3.63) is 72.9 Å². The van der Waals surface area contributed by atoms with Crippen molar-refractivity contribution in [3.8, 4) is 0 Å². The third kappa shape index (κ3) is 3.51. The SMILES string of the molecule is CCC[C]1([Ce]([C]2(CCC)C=CC=C2)[C]2(CCC)C=CC=C2)C=CC=C1. The van der Waals surface area contributed by atoms with Gasteiger partial charge in [0.1, 0.15) is 0 Å². The normalized spacial score (nSPS) is 23.2. The van der Waals surface area contributed by atoms with E-state index in [0.29, 0.717) is 2.80 Å². The van der Waals surface area contributed by atoms with E-state index in [0.717, 1.165) is 0 Å². The van der Waals surface area contributed by atoms with Crippen LogP contribution < -0.4 is 0 Å². The molecule has 3 aliphatic rings. The summed E-state index contributed by atoms with van der Waals surface area (Å²) in [7, 11) is 0. The molecular weight excluding hydrogens is 428 g/mol. The van der Waals surface area contributed by atoms with Gasteiger partial charge < -0.3 is 0 Å². The molecular formula is C24H33Ce.